The third-order valence-corrected chi connectivity index (χ3v) is 2.15. The number of methoxy groups -OCH3 is 1. The summed E-state index contributed by atoms with van der Waals surface area (Å²) >= 11 is 0. The normalized spacial score (nSPS) is 15.6. The second-order valence-corrected chi connectivity index (χ2v) is 3.35. The van der Waals surface area contributed by atoms with Crippen LogP contribution in [0.2, 0.25) is 0 Å². The second-order valence-electron chi connectivity index (χ2n) is 3.35. The number of esters is 1. The summed E-state index contributed by atoms with van der Waals surface area (Å²) in [5.74, 6) is -1.06. The SMILES string of the molecule is COC(=O)C=C1Nc2c(N)nc(N)nc2NC1=O. The van der Waals surface area contributed by atoms with E-state index in [1.807, 2.05) is 0 Å². The number of carbonyl (C=O) groups excluding carboxylic acids is 2. The zero-order chi connectivity index (χ0) is 13.3. The summed E-state index contributed by atoms with van der Waals surface area (Å²) in [5.41, 5.74) is 11.3. The summed E-state index contributed by atoms with van der Waals surface area (Å²) in [4.78, 5) is 30.3. The first-order chi connectivity index (χ1) is 8.51. The number of hydrogen-bond donors (Lipinski definition) is 4. The van der Waals surface area contributed by atoms with Crippen LogP contribution in [0.3, 0.4) is 0 Å². The number of nitrogen functional groups attached to an aromatic ring is 2. The van der Waals surface area contributed by atoms with Crippen LogP contribution in [0.5, 0.6) is 0 Å². The Labute approximate surface area is 101 Å². The van der Waals surface area contributed by atoms with Crippen molar-refractivity contribution in [1.82, 2.24) is 9.97 Å². The Bertz CT molecular complexity index is 568. The molecule has 1 aromatic heterocycles. The third-order valence-electron chi connectivity index (χ3n) is 2.15. The molecule has 2 heterocycles. The van der Waals surface area contributed by atoms with Crippen LogP contribution in [0.1, 0.15) is 0 Å². The van der Waals surface area contributed by atoms with Gasteiger partial charge in [-0.25, -0.2) is 4.79 Å². The third kappa shape index (κ3) is 2.00. The van der Waals surface area contributed by atoms with E-state index >= 15 is 0 Å². The maximum Gasteiger partial charge on any atom is 0.332 e. The van der Waals surface area contributed by atoms with Gasteiger partial charge in [0.1, 0.15) is 11.4 Å². The predicted molar refractivity (Wildman–Crippen MR) is 63.2 cm³/mol. The number of aromatic nitrogens is 2. The van der Waals surface area contributed by atoms with Crippen LogP contribution in [0, 0.1) is 0 Å². The van der Waals surface area contributed by atoms with Crippen molar-refractivity contribution in [3.8, 4) is 0 Å². The number of nitrogens with two attached hydrogens (primary N) is 2. The quantitative estimate of drug-likeness (QED) is 0.369. The van der Waals surface area contributed by atoms with Gasteiger partial charge >= 0.3 is 5.97 Å². The van der Waals surface area contributed by atoms with Crippen LogP contribution in [0.25, 0.3) is 0 Å². The van der Waals surface area contributed by atoms with Crippen molar-refractivity contribution >= 4 is 35.1 Å². The van der Waals surface area contributed by atoms with Crippen LogP contribution < -0.4 is 22.1 Å². The van der Waals surface area contributed by atoms with Crippen molar-refractivity contribution in [3.63, 3.8) is 0 Å². The molecule has 94 valence electrons. The van der Waals surface area contributed by atoms with Gasteiger partial charge in [-0.3, -0.25) is 4.79 Å². The smallest absolute Gasteiger partial charge is 0.332 e. The fourth-order valence-electron chi connectivity index (χ4n) is 1.35. The monoisotopic (exact) mass is 250 g/mol. The molecule has 1 aliphatic heterocycles. The average molecular weight is 250 g/mol. The Morgan fingerprint density at radius 2 is 2.06 bits per heavy atom. The summed E-state index contributed by atoms with van der Waals surface area (Å²) in [7, 11) is 1.20. The molecule has 0 aromatic carbocycles. The van der Waals surface area contributed by atoms with Crippen LogP contribution in [0.15, 0.2) is 11.8 Å². The van der Waals surface area contributed by atoms with E-state index < -0.39 is 11.9 Å². The minimum absolute atomic E-state index is 0.0191. The molecule has 6 N–H and O–H groups in total. The molecule has 1 amide bonds. The van der Waals surface area contributed by atoms with Crippen LogP contribution >= 0.6 is 0 Å². The minimum atomic E-state index is -0.675. The predicted octanol–water partition coefficient (Wildman–Crippen LogP) is -0.938. The Hall–Kier alpha value is -2.84. The zero-order valence-electron chi connectivity index (χ0n) is 9.35. The van der Waals surface area contributed by atoms with E-state index in [-0.39, 0.29) is 29.0 Å². The molecule has 0 aliphatic carbocycles. The number of nitrogens with one attached hydrogen (secondary N) is 2. The standard InChI is InChI=1S/C9H10N6O3/c1-18-4(16)2-3-8(17)14-7-5(12-3)6(10)13-9(11)15-7/h2,12H,1H3,(H5,10,11,13,14,15,17). The van der Waals surface area contributed by atoms with Gasteiger partial charge < -0.3 is 26.8 Å². The first kappa shape index (κ1) is 11.6. The van der Waals surface area contributed by atoms with Crippen molar-refractivity contribution < 1.29 is 14.3 Å². The molecule has 9 nitrogen and oxygen atoms in total. The molecule has 0 saturated heterocycles. The van der Waals surface area contributed by atoms with Gasteiger partial charge in [0.05, 0.1) is 13.2 Å². The molecule has 1 aliphatic rings. The Balaban J connectivity index is 2.42. The molecule has 9 heteroatoms. The van der Waals surface area contributed by atoms with Crippen LogP contribution in [-0.4, -0.2) is 29.0 Å². The van der Waals surface area contributed by atoms with Gasteiger partial charge in [-0.05, 0) is 0 Å². The Morgan fingerprint density at radius 1 is 1.33 bits per heavy atom. The van der Waals surface area contributed by atoms with E-state index in [0.29, 0.717) is 0 Å². The highest BCUT2D eigenvalue weighted by molar-refractivity contribution is 6.13. The lowest BCUT2D eigenvalue weighted by Crippen LogP contribution is -2.28. The molecule has 0 unspecified atom stereocenters. The van der Waals surface area contributed by atoms with E-state index in [1.165, 1.54) is 7.11 Å². The molecule has 0 radical (unpaired) electrons. The number of nitrogens with zero attached hydrogens (tertiary/aromatic N) is 2. The van der Waals surface area contributed by atoms with Crippen molar-refractivity contribution in [2.45, 2.75) is 0 Å². The molecule has 2 rings (SSSR count). The Morgan fingerprint density at radius 3 is 2.72 bits per heavy atom. The summed E-state index contributed by atoms with van der Waals surface area (Å²) in [5, 5.41) is 5.08. The van der Waals surface area contributed by atoms with Crippen molar-refractivity contribution in [1.29, 1.82) is 0 Å². The van der Waals surface area contributed by atoms with Gasteiger partial charge in [-0.1, -0.05) is 0 Å². The largest absolute Gasteiger partial charge is 0.466 e. The topological polar surface area (TPSA) is 145 Å². The molecule has 0 bridgehead atoms. The fourth-order valence-corrected chi connectivity index (χ4v) is 1.35. The number of rotatable bonds is 1. The highest BCUT2D eigenvalue weighted by atomic mass is 16.5. The lowest BCUT2D eigenvalue weighted by molar-refractivity contribution is -0.135. The van der Waals surface area contributed by atoms with Gasteiger partial charge in [-0.15, -0.1) is 0 Å². The highest BCUT2D eigenvalue weighted by Crippen LogP contribution is 2.30. The zero-order valence-corrected chi connectivity index (χ0v) is 9.35. The van der Waals surface area contributed by atoms with E-state index in [2.05, 4.69) is 25.3 Å². The summed E-state index contributed by atoms with van der Waals surface area (Å²) in [6.45, 7) is 0. The van der Waals surface area contributed by atoms with E-state index in [0.717, 1.165) is 6.08 Å². The van der Waals surface area contributed by atoms with Crippen molar-refractivity contribution in [2.24, 2.45) is 0 Å². The van der Waals surface area contributed by atoms with Gasteiger partial charge in [-0.2, -0.15) is 9.97 Å². The second kappa shape index (κ2) is 4.20. The molecule has 1 aromatic rings. The number of hydrogen-bond acceptors (Lipinski definition) is 8. The highest BCUT2D eigenvalue weighted by Gasteiger charge is 2.24. The minimum Gasteiger partial charge on any atom is -0.466 e. The van der Waals surface area contributed by atoms with E-state index in [1.54, 1.807) is 0 Å². The Kier molecular flexibility index (Phi) is 2.72. The summed E-state index contributed by atoms with van der Waals surface area (Å²) in [6, 6.07) is 0. The lowest BCUT2D eigenvalue weighted by Gasteiger charge is -2.20. The van der Waals surface area contributed by atoms with E-state index in [4.69, 9.17) is 11.5 Å². The first-order valence-corrected chi connectivity index (χ1v) is 4.82. The van der Waals surface area contributed by atoms with Gasteiger partial charge in [0.25, 0.3) is 5.91 Å². The number of anilines is 4. The van der Waals surface area contributed by atoms with Gasteiger partial charge in [0.2, 0.25) is 5.95 Å². The number of fused-ring (bicyclic) bond motifs is 1. The number of amides is 1. The molecule has 0 fully saturated rings. The van der Waals surface area contributed by atoms with E-state index in [9.17, 15) is 9.59 Å². The first-order valence-electron chi connectivity index (χ1n) is 4.82. The lowest BCUT2D eigenvalue weighted by atomic mass is 10.2. The maximum atomic E-state index is 11.6. The molecular formula is C9H10N6O3. The fraction of sp³-hybridized carbons (Fsp3) is 0.111. The van der Waals surface area contributed by atoms with Gasteiger partial charge in [0.15, 0.2) is 11.6 Å². The molecule has 0 saturated carbocycles. The molecule has 18 heavy (non-hydrogen) atoms. The van der Waals surface area contributed by atoms with Crippen molar-refractivity contribution in [2.75, 3.05) is 29.2 Å². The van der Waals surface area contributed by atoms with Crippen LogP contribution in [-0.2, 0) is 14.3 Å². The number of ether oxygens (including phenoxy) is 1. The summed E-state index contributed by atoms with van der Waals surface area (Å²) in [6.07, 6.45) is 0.994. The number of carbonyl (C=O) groups is 2. The van der Waals surface area contributed by atoms with Crippen LogP contribution in [0.4, 0.5) is 23.3 Å². The maximum absolute atomic E-state index is 11.6. The average Bonchev–Trinajstić information content (AvgIpc) is 2.30. The molecule has 0 spiro atoms. The molecule has 0 atom stereocenters. The summed E-state index contributed by atoms with van der Waals surface area (Å²) < 4.78 is 4.42. The van der Waals surface area contributed by atoms with Gasteiger partial charge in [0, 0.05) is 0 Å². The molecular weight excluding hydrogens is 240 g/mol. The van der Waals surface area contributed by atoms with Crippen molar-refractivity contribution in [3.05, 3.63) is 11.8 Å².